The quantitative estimate of drug-likeness (QED) is 0.0308. The van der Waals surface area contributed by atoms with Gasteiger partial charge in [0.2, 0.25) is 5.91 Å². The van der Waals surface area contributed by atoms with E-state index in [1.807, 2.05) is 0 Å². The Hall–Kier alpha value is -1.47. The van der Waals surface area contributed by atoms with Gasteiger partial charge < -0.3 is 25.7 Å². The molecule has 0 rings (SSSR count). The van der Waals surface area contributed by atoms with Crippen molar-refractivity contribution in [3.8, 4) is 0 Å². The van der Waals surface area contributed by atoms with Gasteiger partial charge in [0.15, 0.2) is 0 Å². The number of rotatable bonds is 57. The molecule has 0 fully saturated rings. The largest absolute Gasteiger partial charge is 0.394 e. The highest BCUT2D eigenvalue weighted by atomic mass is 16.3. The third-order valence-electron chi connectivity index (χ3n) is 14.6. The Morgan fingerprint density at radius 1 is 0.348 bits per heavy atom. The third-order valence-corrected chi connectivity index (χ3v) is 14.6. The molecule has 1 amide bonds. The van der Waals surface area contributed by atoms with Gasteiger partial charge in [-0.15, -0.1) is 0 Å². The van der Waals surface area contributed by atoms with Crippen LogP contribution >= 0.6 is 0 Å². The molecule has 0 radical (unpaired) electrons. The van der Waals surface area contributed by atoms with Crippen LogP contribution in [0.3, 0.4) is 0 Å². The lowest BCUT2D eigenvalue weighted by molar-refractivity contribution is -0.132. The molecule has 5 N–H and O–H groups in total. The van der Waals surface area contributed by atoms with Crippen molar-refractivity contribution in [2.45, 2.75) is 353 Å². The van der Waals surface area contributed by atoms with Gasteiger partial charge in [0.05, 0.1) is 18.8 Å². The molecule has 4 atom stereocenters. The Bertz CT molecular complexity index is 1090. The Morgan fingerprint density at radius 2 is 0.609 bits per heavy atom. The molecule has 0 saturated heterocycles. The SMILES string of the molecule is CCCCCCCCCCCCCCCCCCCCC/C=C/CC/C=C/CC/C=C/CCCC(O)C(O)C(CO)NC(=O)C(O)CCCCCCCCCCCCCCCCCCCCCCC. The highest BCUT2D eigenvalue weighted by molar-refractivity contribution is 5.80. The zero-order chi connectivity index (χ0) is 50.2. The van der Waals surface area contributed by atoms with E-state index in [-0.39, 0.29) is 0 Å². The summed E-state index contributed by atoms with van der Waals surface area (Å²) in [5.41, 5.74) is 0. The maximum Gasteiger partial charge on any atom is 0.249 e. The number of aliphatic hydroxyl groups is 4. The van der Waals surface area contributed by atoms with E-state index in [4.69, 9.17) is 0 Å². The molecule has 0 bridgehead atoms. The summed E-state index contributed by atoms with van der Waals surface area (Å²) in [6.45, 7) is 4.08. The van der Waals surface area contributed by atoms with Crippen molar-refractivity contribution in [2.24, 2.45) is 0 Å². The second-order valence-corrected chi connectivity index (χ2v) is 21.4. The molecule has 4 unspecified atom stereocenters. The van der Waals surface area contributed by atoms with Gasteiger partial charge in [-0.2, -0.15) is 0 Å². The number of nitrogens with one attached hydrogen (secondary N) is 1. The Labute approximate surface area is 430 Å². The summed E-state index contributed by atoms with van der Waals surface area (Å²) >= 11 is 0. The Morgan fingerprint density at radius 3 is 0.913 bits per heavy atom. The van der Waals surface area contributed by atoms with E-state index in [0.29, 0.717) is 19.3 Å². The fraction of sp³-hybridized carbons (Fsp3) is 0.889. The van der Waals surface area contributed by atoms with Crippen molar-refractivity contribution in [1.82, 2.24) is 5.32 Å². The third kappa shape index (κ3) is 51.2. The van der Waals surface area contributed by atoms with Gasteiger partial charge in [0.25, 0.3) is 0 Å². The molecule has 6 nitrogen and oxygen atoms in total. The second-order valence-electron chi connectivity index (χ2n) is 21.4. The van der Waals surface area contributed by atoms with Crippen molar-refractivity contribution in [3.05, 3.63) is 36.5 Å². The summed E-state index contributed by atoms with van der Waals surface area (Å²) in [5, 5.41) is 44.0. The molecule has 0 spiro atoms. The van der Waals surface area contributed by atoms with Crippen LogP contribution in [0.25, 0.3) is 0 Å². The number of hydrogen-bond acceptors (Lipinski definition) is 5. The number of carbonyl (C=O) groups excluding carboxylic acids is 1. The van der Waals surface area contributed by atoms with E-state index in [1.54, 1.807) is 0 Å². The van der Waals surface area contributed by atoms with Crippen LogP contribution in [0.5, 0.6) is 0 Å². The monoisotopic (exact) mass is 972 g/mol. The van der Waals surface area contributed by atoms with Crippen LogP contribution in [-0.2, 0) is 4.79 Å². The minimum Gasteiger partial charge on any atom is -0.394 e. The molecule has 0 aliphatic heterocycles. The second kappa shape index (κ2) is 57.4. The zero-order valence-corrected chi connectivity index (χ0v) is 46.3. The highest BCUT2D eigenvalue weighted by Crippen LogP contribution is 2.18. The molecule has 0 aliphatic rings. The number of amides is 1. The van der Waals surface area contributed by atoms with Crippen LogP contribution in [0.15, 0.2) is 36.5 Å². The molecule has 0 saturated carbocycles. The van der Waals surface area contributed by atoms with E-state index in [1.165, 1.54) is 244 Å². The van der Waals surface area contributed by atoms with E-state index < -0.39 is 36.9 Å². The predicted octanol–water partition coefficient (Wildman–Crippen LogP) is 18.4. The predicted molar refractivity (Wildman–Crippen MR) is 302 cm³/mol. The first-order valence-electron chi connectivity index (χ1n) is 30.9. The average Bonchev–Trinajstić information content (AvgIpc) is 3.35. The van der Waals surface area contributed by atoms with Crippen molar-refractivity contribution in [1.29, 1.82) is 0 Å². The van der Waals surface area contributed by atoms with Gasteiger partial charge in [-0.25, -0.2) is 0 Å². The summed E-state index contributed by atoms with van der Waals surface area (Å²) < 4.78 is 0. The van der Waals surface area contributed by atoms with Crippen molar-refractivity contribution in [2.75, 3.05) is 6.61 Å². The molecule has 69 heavy (non-hydrogen) atoms. The van der Waals surface area contributed by atoms with Gasteiger partial charge in [-0.3, -0.25) is 4.79 Å². The van der Waals surface area contributed by atoms with Crippen LogP contribution in [0.2, 0.25) is 0 Å². The molecular weight excluding hydrogens is 851 g/mol. The summed E-state index contributed by atoms with van der Waals surface area (Å²) in [4.78, 5) is 12.6. The van der Waals surface area contributed by atoms with Gasteiger partial charge in [-0.05, 0) is 64.2 Å². The fourth-order valence-corrected chi connectivity index (χ4v) is 9.74. The van der Waals surface area contributed by atoms with Crippen LogP contribution in [0, 0.1) is 0 Å². The van der Waals surface area contributed by atoms with Gasteiger partial charge in [0, 0.05) is 0 Å². The van der Waals surface area contributed by atoms with Crippen LogP contribution in [0.1, 0.15) is 328 Å². The molecule has 0 heterocycles. The van der Waals surface area contributed by atoms with E-state index in [2.05, 4.69) is 55.6 Å². The smallest absolute Gasteiger partial charge is 0.249 e. The van der Waals surface area contributed by atoms with Gasteiger partial charge in [-0.1, -0.05) is 301 Å². The fourth-order valence-electron chi connectivity index (χ4n) is 9.74. The maximum atomic E-state index is 12.6. The first-order valence-corrected chi connectivity index (χ1v) is 30.9. The van der Waals surface area contributed by atoms with Gasteiger partial charge >= 0.3 is 0 Å². The molecule has 0 aromatic rings. The average molecular weight is 973 g/mol. The normalized spacial score (nSPS) is 13.9. The van der Waals surface area contributed by atoms with Crippen LogP contribution in [0.4, 0.5) is 0 Å². The number of aliphatic hydroxyl groups excluding tert-OH is 4. The summed E-state index contributed by atoms with van der Waals surface area (Å²) in [6.07, 6.45) is 72.4. The standard InChI is InChI=1S/C63H121NO5/c1-3-5-7-9-11-13-15-17-19-21-23-25-26-27-28-29-30-31-32-33-34-35-37-38-40-42-44-46-48-50-52-54-56-60(66)62(68)59(58-65)64-63(69)61(67)57-55-53-51-49-47-45-43-41-39-36-24-22-20-18-16-14-12-10-8-6-4-2/h34-35,40,42,48,50,59-62,65-68H,3-33,36-39,41,43-47,49,51-58H2,1-2H3,(H,64,69)/b35-34+,42-40+,50-48+. The Balaban J connectivity index is 3.65. The Kier molecular flexibility index (Phi) is 56.2. The van der Waals surface area contributed by atoms with Crippen molar-refractivity contribution < 1.29 is 25.2 Å². The lowest BCUT2D eigenvalue weighted by Crippen LogP contribution is -2.53. The number of allylic oxidation sites excluding steroid dienone is 6. The lowest BCUT2D eigenvalue weighted by atomic mass is 10.00. The summed E-state index contributed by atoms with van der Waals surface area (Å²) in [5.74, 6) is -0.594. The number of unbranched alkanes of at least 4 members (excludes halogenated alkanes) is 42. The summed E-state index contributed by atoms with van der Waals surface area (Å²) in [6, 6.07) is -1.01. The van der Waals surface area contributed by atoms with Crippen LogP contribution < -0.4 is 5.32 Å². The van der Waals surface area contributed by atoms with E-state index in [9.17, 15) is 25.2 Å². The topological polar surface area (TPSA) is 110 Å². The molecule has 6 heteroatoms. The number of hydrogen-bond donors (Lipinski definition) is 5. The number of carbonyl (C=O) groups is 1. The van der Waals surface area contributed by atoms with Crippen molar-refractivity contribution >= 4 is 5.91 Å². The van der Waals surface area contributed by atoms with E-state index in [0.717, 1.165) is 51.4 Å². The molecule has 408 valence electrons. The maximum absolute atomic E-state index is 12.6. The first kappa shape index (κ1) is 67.5. The minimum absolute atomic E-state index is 0.362. The lowest BCUT2D eigenvalue weighted by Gasteiger charge is -2.27. The van der Waals surface area contributed by atoms with Crippen molar-refractivity contribution in [3.63, 3.8) is 0 Å². The van der Waals surface area contributed by atoms with E-state index >= 15 is 0 Å². The minimum atomic E-state index is -1.29. The van der Waals surface area contributed by atoms with Gasteiger partial charge in [0.1, 0.15) is 12.2 Å². The first-order chi connectivity index (χ1) is 34.0. The molecule has 0 aliphatic carbocycles. The molecule has 0 aromatic heterocycles. The summed E-state index contributed by atoms with van der Waals surface area (Å²) in [7, 11) is 0. The van der Waals surface area contributed by atoms with Crippen LogP contribution in [-0.4, -0.2) is 57.3 Å². The zero-order valence-electron chi connectivity index (χ0n) is 46.3. The highest BCUT2D eigenvalue weighted by Gasteiger charge is 2.28. The molecule has 0 aromatic carbocycles. The molecular formula is C63H121NO5.